The van der Waals surface area contributed by atoms with Crippen molar-refractivity contribution in [1.82, 2.24) is 9.29 Å². The Labute approximate surface area is 138 Å². The Balaban J connectivity index is 1.60. The van der Waals surface area contributed by atoms with Crippen LogP contribution >= 0.6 is 0 Å². The van der Waals surface area contributed by atoms with Gasteiger partial charge >= 0.3 is 0 Å². The molecule has 0 aliphatic rings. The van der Waals surface area contributed by atoms with E-state index in [9.17, 15) is 17.2 Å². The number of nitrogens with one attached hydrogen (secondary N) is 1. The number of fused-ring (bicyclic) bond motifs is 1. The number of rotatable bonds is 6. The summed E-state index contributed by atoms with van der Waals surface area (Å²) in [5, 5.41) is 1.12. The first-order chi connectivity index (χ1) is 11.5. The van der Waals surface area contributed by atoms with Gasteiger partial charge in [-0.1, -0.05) is 18.2 Å². The first kappa shape index (κ1) is 16.6. The van der Waals surface area contributed by atoms with Crippen molar-refractivity contribution in [2.45, 2.75) is 17.9 Å². The van der Waals surface area contributed by atoms with Gasteiger partial charge in [-0.05, 0) is 42.1 Å². The van der Waals surface area contributed by atoms with Crippen LogP contribution in [0.15, 0.2) is 59.6 Å². The molecule has 4 nitrogen and oxygen atoms in total. The Morgan fingerprint density at radius 3 is 2.58 bits per heavy atom. The number of aryl methyl sites for hydroxylation is 1. The molecule has 0 saturated carbocycles. The van der Waals surface area contributed by atoms with Gasteiger partial charge in [0, 0.05) is 24.8 Å². The Morgan fingerprint density at radius 2 is 1.79 bits per heavy atom. The maximum Gasteiger partial charge on any atom is 0.240 e. The molecule has 0 amide bonds. The van der Waals surface area contributed by atoms with E-state index < -0.39 is 21.7 Å². The first-order valence-electron chi connectivity index (χ1n) is 7.46. The van der Waals surface area contributed by atoms with Crippen LogP contribution in [-0.2, 0) is 16.6 Å². The standard InChI is InChI=1S/C17H16F2N2O2S/c18-15-7-6-14(12-16(15)19)24(22,23)20-9-3-10-21-11-8-13-4-1-2-5-17(13)21/h1-2,4-8,11-12,20H,3,9-10H2. The van der Waals surface area contributed by atoms with Crippen LogP contribution in [0, 0.1) is 11.6 Å². The summed E-state index contributed by atoms with van der Waals surface area (Å²) in [6.07, 6.45) is 2.52. The summed E-state index contributed by atoms with van der Waals surface area (Å²) in [5.74, 6) is -2.26. The number of hydrogen-bond donors (Lipinski definition) is 1. The highest BCUT2D eigenvalue weighted by Crippen LogP contribution is 2.16. The average molecular weight is 350 g/mol. The maximum atomic E-state index is 13.2. The minimum absolute atomic E-state index is 0.202. The van der Waals surface area contributed by atoms with Gasteiger partial charge in [-0.2, -0.15) is 0 Å². The van der Waals surface area contributed by atoms with Gasteiger partial charge in [0.25, 0.3) is 0 Å². The minimum atomic E-state index is -3.85. The highest BCUT2D eigenvalue weighted by molar-refractivity contribution is 7.89. The number of benzene rings is 2. The molecule has 3 rings (SSSR count). The predicted octanol–water partition coefficient (Wildman–Crippen LogP) is 3.29. The van der Waals surface area contributed by atoms with Crippen LogP contribution in [0.4, 0.5) is 8.78 Å². The first-order valence-corrected chi connectivity index (χ1v) is 8.94. The van der Waals surface area contributed by atoms with Crippen LogP contribution in [0.5, 0.6) is 0 Å². The van der Waals surface area contributed by atoms with Gasteiger partial charge in [-0.15, -0.1) is 0 Å². The fourth-order valence-corrected chi connectivity index (χ4v) is 3.60. The number of sulfonamides is 1. The molecule has 0 aliphatic heterocycles. The fraction of sp³-hybridized carbons (Fsp3) is 0.176. The zero-order valence-electron chi connectivity index (χ0n) is 12.7. The molecular formula is C17H16F2N2O2S. The van der Waals surface area contributed by atoms with Crippen LogP contribution in [0.25, 0.3) is 10.9 Å². The lowest BCUT2D eigenvalue weighted by Crippen LogP contribution is -2.25. The maximum absolute atomic E-state index is 13.2. The summed E-state index contributed by atoms with van der Waals surface area (Å²) in [4.78, 5) is -0.284. The van der Waals surface area contributed by atoms with Crippen LogP contribution < -0.4 is 4.72 Å². The average Bonchev–Trinajstić information content (AvgIpc) is 2.97. The van der Waals surface area contributed by atoms with Gasteiger partial charge < -0.3 is 4.57 Å². The molecule has 0 unspecified atom stereocenters. The lowest BCUT2D eigenvalue weighted by atomic mass is 10.2. The normalized spacial score (nSPS) is 11.9. The van der Waals surface area contributed by atoms with Crippen LogP contribution in [0.3, 0.4) is 0 Å². The third kappa shape index (κ3) is 3.47. The largest absolute Gasteiger partial charge is 0.347 e. The van der Waals surface area contributed by atoms with Gasteiger partial charge in [0.05, 0.1) is 4.90 Å². The molecule has 7 heteroatoms. The fourth-order valence-electron chi connectivity index (χ4n) is 2.52. The van der Waals surface area contributed by atoms with E-state index in [-0.39, 0.29) is 11.4 Å². The van der Waals surface area contributed by atoms with Crippen molar-refractivity contribution in [3.8, 4) is 0 Å². The van der Waals surface area contributed by atoms with Gasteiger partial charge in [0.2, 0.25) is 10.0 Å². The minimum Gasteiger partial charge on any atom is -0.347 e. The molecule has 2 aromatic carbocycles. The van der Waals surface area contributed by atoms with E-state index in [1.54, 1.807) is 0 Å². The Morgan fingerprint density at radius 1 is 1.00 bits per heavy atom. The van der Waals surface area contributed by atoms with Crippen molar-refractivity contribution in [3.05, 3.63) is 66.4 Å². The monoisotopic (exact) mass is 350 g/mol. The molecule has 3 aromatic rings. The van der Waals surface area contributed by atoms with Crippen molar-refractivity contribution < 1.29 is 17.2 Å². The van der Waals surface area contributed by atoms with E-state index >= 15 is 0 Å². The summed E-state index contributed by atoms with van der Waals surface area (Å²) in [7, 11) is -3.85. The van der Waals surface area contributed by atoms with E-state index in [4.69, 9.17) is 0 Å². The lowest BCUT2D eigenvalue weighted by Gasteiger charge is -2.08. The highest BCUT2D eigenvalue weighted by atomic mass is 32.2. The van der Waals surface area contributed by atoms with Crippen molar-refractivity contribution in [2.24, 2.45) is 0 Å². The highest BCUT2D eigenvalue weighted by Gasteiger charge is 2.15. The second-order valence-corrected chi connectivity index (χ2v) is 7.16. The zero-order valence-corrected chi connectivity index (χ0v) is 13.6. The molecule has 0 fully saturated rings. The van der Waals surface area contributed by atoms with Crippen LogP contribution in [0.2, 0.25) is 0 Å². The van der Waals surface area contributed by atoms with E-state index in [0.717, 1.165) is 23.0 Å². The van der Waals surface area contributed by atoms with Crippen molar-refractivity contribution >= 4 is 20.9 Å². The second kappa shape index (κ2) is 6.70. The SMILES string of the molecule is O=S(=O)(NCCCn1ccc2ccccc21)c1ccc(F)c(F)c1. The molecule has 1 N–H and O–H groups in total. The van der Waals surface area contributed by atoms with Crippen LogP contribution in [0.1, 0.15) is 6.42 Å². The molecule has 0 atom stereocenters. The Kier molecular flexibility index (Phi) is 4.64. The zero-order chi connectivity index (χ0) is 17.2. The summed E-state index contributed by atoms with van der Waals surface area (Å²) < 4.78 is 54.6. The van der Waals surface area contributed by atoms with E-state index in [1.807, 2.05) is 41.1 Å². The second-order valence-electron chi connectivity index (χ2n) is 5.40. The molecule has 0 spiro atoms. The van der Waals surface area contributed by atoms with Crippen molar-refractivity contribution in [3.63, 3.8) is 0 Å². The molecule has 0 aliphatic carbocycles. The lowest BCUT2D eigenvalue weighted by molar-refractivity contribution is 0.504. The number of para-hydroxylation sites is 1. The van der Waals surface area contributed by atoms with Gasteiger partial charge in [0.1, 0.15) is 0 Å². The van der Waals surface area contributed by atoms with E-state index in [2.05, 4.69) is 4.72 Å². The molecule has 0 bridgehead atoms. The van der Waals surface area contributed by atoms with E-state index in [1.165, 1.54) is 0 Å². The molecule has 126 valence electrons. The molecular weight excluding hydrogens is 334 g/mol. The third-order valence-electron chi connectivity index (χ3n) is 3.75. The summed E-state index contributed by atoms with van der Waals surface area (Å²) in [6, 6.07) is 12.4. The van der Waals surface area contributed by atoms with Crippen molar-refractivity contribution in [2.75, 3.05) is 6.54 Å². The molecule has 1 heterocycles. The number of aromatic nitrogens is 1. The Bertz CT molecular complexity index is 968. The summed E-state index contributed by atoms with van der Waals surface area (Å²) in [6.45, 7) is 0.849. The van der Waals surface area contributed by atoms with Crippen molar-refractivity contribution in [1.29, 1.82) is 0 Å². The molecule has 0 saturated heterocycles. The molecule has 0 radical (unpaired) electrons. The Hall–Kier alpha value is -2.25. The van der Waals surface area contributed by atoms with Crippen LogP contribution in [-0.4, -0.2) is 19.5 Å². The van der Waals surface area contributed by atoms with E-state index in [0.29, 0.717) is 19.0 Å². The molecule has 24 heavy (non-hydrogen) atoms. The van der Waals surface area contributed by atoms with Gasteiger partial charge in [-0.25, -0.2) is 21.9 Å². The number of halogens is 2. The van der Waals surface area contributed by atoms with Gasteiger partial charge in [-0.3, -0.25) is 0 Å². The topological polar surface area (TPSA) is 51.1 Å². The number of nitrogens with zero attached hydrogens (tertiary/aromatic N) is 1. The molecule has 1 aromatic heterocycles. The number of hydrogen-bond acceptors (Lipinski definition) is 2. The smallest absolute Gasteiger partial charge is 0.240 e. The van der Waals surface area contributed by atoms with Gasteiger partial charge in [0.15, 0.2) is 11.6 Å². The summed E-state index contributed by atoms with van der Waals surface area (Å²) in [5.41, 5.74) is 1.08. The summed E-state index contributed by atoms with van der Waals surface area (Å²) >= 11 is 0. The third-order valence-corrected chi connectivity index (χ3v) is 5.21. The quantitative estimate of drug-likeness (QED) is 0.694. The predicted molar refractivity (Wildman–Crippen MR) is 88.1 cm³/mol.